The van der Waals surface area contributed by atoms with Crippen molar-refractivity contribution in [2.24, 2.45) is 17.8 Å². The van der Waals surface area contributed by atoms with Crippen LogP contribution in [-0.2, 0) is 34.1 Å². The van der Waals surface area contributed by atoms with Gasteiger partial charge in [-0.2, -0.15) is 0 Å². The van der Waals surface area contributed by atoms with Crippen LogP contribution < -0.4 is 9.64 Å². The number of halogens is 1. The van der Waals surface area contributed by atoms with Crippen LogP contribution in [-0.4, -0.2) is 49.6 Å². The van der Waals surface area contributed by atoms with Crippen molar-refractivity contribution in [3.63, 3.8) is 0 Å². The highest BCUT2D eigenvalue weighted by atomic mass is 32.2. The van der Waals surface area contributed by atoms with Gasteiger partial charge in [0.05, 0.1) is 11.7 Å². The topological polar surface area (TPSA) is 96.8 Å². The normalized spacial score (nSPS) is 22.9. The number of aryl methyl sites for hydroxylation is 2. The molecule has 2 aromatic carbocycles. The Hall–Kier alpha value is -3.46. The predicted octanol–water partition coefficient (Wildman–Crippen LogP) is 5.18. The Morgan fingerprint density at radius 3 is 2.68 bits per heavy atom. The number of aromatic nitrogens is 1. The van der Waals surface area contributed by atoms with Gasteiger partial charge in [0, 0.05) is 42.1 Å². The minimum atomic E-state index is -3.01. The summed E-state index contributed by atoms with van der Waals surface area (Å²) in [6, 6.07) is 13.1. The van der Waals surface area contributed by atoms with Gasteiger partial charge in [-0.3, -0.25) is 4.79 Å². The summed E-state index contributed by atoms with van der Waals surface area (Å²) in [7, 11) is -3.01. The first kappa shape index (κ1) is 27.7. The van der Waals surface area contributed by atoms with Crippen molar-refractivity contribution >= 4 is 21.6 Å². The van der Waals surface area contributed by atoms with E-state index in [4.69, 9.17) is 9.72 Å². The maximum absolute atomic E-state index is 14.9. The molecule has 7 nitrogen and oxygen atoms in total. The summed E-state index contributed by atoms with van der Waals surface area (Å²) in [6.45, 7) is 5.49. The Labute approximate surface area is 240 Å². The van der Waals surface area contributed by atoms with Gasteiger partial charge < -0.3 is 14.7 Å². The molecule has 1 saturated heterocycles. The molecule has 3 aromatic rings. The van der Waals surface area contributed by atoms with Crippen molar-refractivity contribution < 1.29 is 27.4 Å². The summed E-state index contributed by atoms with van der Waals surface area (Å²) in [5.74, 6) is 0.822. The van der Waals surface area contributed by atoms with Crippen LogP contribution in [0.5, 0.6) is 5.75 Å². The molecule has 9 heteroatoms. The van der Waals surface area contributed by atoms with Gasteiger partial charge in [0.15, 0.2) is 0 Å². The number of carboxylic acid groups (broad SMARTS) is 1. The molecule has 0 bridgehead atoms. The van der Waals surface area contributed by atoms with Gasteiger partial charge in [-0.15, -0.1) is 0 Å². The third-order valence-electron chi connectivity index (χ3n) is 8.93. The lowest BCUT2D eigenvalue weighted by molar-refractivity contribution is -0.139. The monoisotopic (exact) mass is 578 g/mol. The summed E-state index contributed by atoms with van der Waals surface area (Å²) in [5.41, 5.74) is 6.30. The van der Waals surface area contributed by atoms with E-state index in [0.717, 1.165) is 70.9 Å². The van der Waals surface area contributed by atoms with Gasteiger partial charge in [0.25, 0.3) is 0 Å². The molecule has 2 heterocycles. The van der Waals surface area contributed by atoms with Gasteiger partial charge >= 0.3 is 5.97 Å². The van der Waals surface area contributed by atoms with Crippen molar-refractivity contribution in [3.8, 4) is 16.9 Å². The molecule has 2 fully saturated rings. The second-order valence-corrected chi connectivity index (χ2v) is 14.0. The highest BCUT2D eigenvalue weighted by Gasteiger charge is 2.59. The number of carbonyl (C=O) groups is 1. The Kier molecular flexibility index (Phi) is 7.04. The van der Waals surface area contributed by atoms with E-state index in [1.807, 2.05) is 38.1 Å². The van der Waals surface area contributed by atoms with Crippen LogP contribution in [0.2, 0.25) is 0 Å². The van der Waals surface area contributed by atoms with Crippen molar-refractivity contribution in [3.05, 3.63) is 76.2 Å². The molecule has 1 aromatic heterocycles. The minimum Gasteiger partial charge on any atom is -0.489 e. The zero-order chi connectivity index (χ0) is 29.1. The van der Waals surface area contributed by atoms with Crippen molar-refractivity contribution in [2.75, 3.05) is 30.0 Å². The maximum Gasteiger partial charge on any atom is 0.307 e. The third-order valence-corrected chi connectivity index (χ3v) is 10.0. The summed E-state index contributed by atoms with van der Waals surface area (Å²) in [6.07, 6.45) is 3.59. The molecule has 1 aliphatic heterocycles. The molecule has 6 rings (SSSR count). The maximum atomic E-state index is 14.9. The second kappa shape index (κ2) is 10.4. The fourth-order valence-electron chi connectivity index (χ4n) is 6.87. The summed E-state index contributed by atoms with van der Waals surface area (Å²) >= 11 is 0. The number of sulfone groups is 1. The number of ether oxygens (including phenoxy) is 1. The molecule has 2 aliphatic carbocycles. The molecule has 216 valence electrons. The minimum absolute atomic E-state index is 0.0795. The number of aliphatic carboxylic acids is 1. The van der Waals surface area contributed by atoms with Gasteiger partial charge in [0.1, 0.15) is 33.8 Å². The Balaban J connectivity index is 1.17. The molecular formula is C32H35FN2O5S. The van der Waals surface area contributed by atoms with E-state index in [1.165, 1.54) is 12.3 Å². The fraction of sp³-hybridized carbons (Fsp3) is 0.438. The summed E-state index contributed by atoms with van der Waals surface area (Å²) in [4.78, 5) is 18.4. The van der Waals surface area contributed by atoms with E-state index in [9.17, 15) is 22.7 Å². The first-order valence-electron chi connectivity index (χ1n) is 14.2. The highest BCUT2D eigenvalue weighted by molar-refractivity contribution is 7.90. The molecule has 3 aliphatic rings. The Bertz CT molecular complexity index is 1640. The molecule has 0 radical (unpaired) electrons. The van der Waals surface area contributed by atoms with E-state index < -0.39 is 15.8 Å². The van der Waals surface area contributed by atoms with Gasteiger partial charge in [0.2, 0.25) is 0 Å². The molecule has 1 N–H and O–H groups in total. The van der Waals surface area contributed by atoms with E-state index in [2.05, 4.69) is 11.0 Å². The lowest BCUT2D eigenvalue weighted by Gasteiger charge is -2.19. The van der Waals surface area contributed by atoms with Crippen LogP contribution in [0.25, 0.3) is 11.1 Å². The Morgan fingerprint density at radius 1 is 1.17 bits per heavy atom. The molecule has 0 spiro atoms. The average Bonchev–Trinajstić information content (AvgIpc) is 3.24. The second-order valence-electron chi connectivity index (χ2n) is 11.9. The predicted molar refractivity (Wildman–Crippen MR) is 156 cm³/mol. The van der Waals surface area contributed by atoms with E-state index in [0.29, 0.717) is 12.1 Å². The first-order chi connectivity index (χ1) is 19.5. The molecule has 41 heavy (non-hydrogen) atoms. The van der Waals surface area contributed by atoms with Gasteiger partial charge in [-0.25, -0.2) is 17.8 Å². The Morgan fingerprint density at radius 2 is 1.98 bits per heavy atom. The summed E-state index contributed by atoms with van der Waals surface area (Å²) < 4.78 is 44.5. The SMILES string of the molecule is CCc1cc2c(cc1OCc1cc(-c3ccc(N4CCC(CS(C)(=O)=O)C4)nc3C)ccc1F)CC1C(C(=O)O)C21. The lowest BCUT2D eigenvalue weighted by atomic mass is 9.97. The van der Waals surface area contributed by atoms with Crippen molar-refractivity contribution in [1.29, 1.82) is 0 Å². The smallest absolute Gasteiger partial charge is 0.307 e. The zero-order valence-corrected chi connectivity index (χ0v) is 24.4. The highest BCUT2D eigenvalue weighted by Crippen LogP contribution is 2.62. The van der Waals surface area contributed by atoms with E-state index in [-0.39, 0.29) is 41.8 Å². The molecule has 4 atom stereocenters. The number of pyridine rings is 1. The van der Waals surface area contributed by atoms with Crippen LogP contribution in [0, 0.1) is 30.5 Å². The molecule has 0 amide bonds. The largest absolute Gasteiger partial charge is 0.489 e. The van der Waals surface area contributed by atoms with Crippen LogP contribution >= 0.6 is 0 Å². The molecular weight excluding hydrogens is 543 g/mol. The van der Waals surface area contributed by atoms with Crippen LogP contribution in [0.3, 0.4) is 0 Å². The standard InChI is InChI=1S/C32H35FN2O5S/c1-4-20-12-25-22(13-26-30(25)31(26)32(36)37)14-28(20)40-16-23-11-21(5-7-27(23)33)24-6-8-29(34-18(24)2)35-10-9-19(15-35)17-41(3,38)39/h5-8,11-12,14,19,26,30-31H,4,9-10,13,15-17H2,1-3H3,(H,36,37). The van der Waals surface area contributed by atoms with Gasteiger partial charge in [-0.1, -0.05) is 19.1 Å². The first-order valence-corrected chi connectivity index (χ1v) is 16.3. The zero-order valence-electron chi connectivity index (χ0n) is 23.6. The number of fused-ring (bicyclic) bond motifs is 3. The number of carboxylic acids is 1. The fourth-order valence-corrected chi connectivity index (χ4v) is 8.00. The van der Waals surface area contributed by atoms with Gasteiger partial charge in [-0.05, 0) is 90.6 Å². The van der Waals surface area contributed by atoms with Crippen molar-refractivity contribution in [2.45, 2.75) is 45.6 Å². The molecule has 4 unspecified atom stereocenters. The van der Waals surface area contributed by atoms with Crippen LogP contribution in [0.15, 0.2) is 42.5 Å². The molecule has 1 saturated carbocycles. The number of hydrogen-bond acceptors (Lipinski definition) is 6. The third kappa shape index (κ3) is 5.44. The van der Waals surface area contributed by atoms with Crippen LogP contribution in [0.4, 0.5) is 10.2 Å². The number of nitrogens with zero attached hydrogens (tertiary/aromatic N) is 2. The lowest BCUT2D eigenvalue weighted by Crippen LogP contribution is -2.23. The number of hydrogen-bond donors (Lipinski definition) is 1. The number of anilines is 1. The van der Waals surface area contributed by atoms with E-state index >= 15 is 0 Å². The summed E-state index contributed by atoms with van der Waals surface area (Å²) in [5, 5.41) is 9.45. The number of rotatable bonds is 9. The van der Waals surface area contributed by atoms with Crippen LogP contribution in [0.1, 0.15) is 47.2 Å². The van der Waals surface area contributed by atoms with Crippen molar-refractivity contribution in [1.82, 2.24) is 4.98 Å². The number of benzene rings is 2. The van der Waals surface area contributed by atoms with E-state index in [1.54, 1.807) is 6.07 Å². The quantitative estimate of drug-likeness (QED) is 0.374. The average molecular weight is 579 g/mol.